The fourth-order valence-corrected chi connectivity index (χ4v) is 3.30. The van der Waals surface area contributed by atoms with Crippen LogP contribution in [0.3, 0.4) is 0 Å². The molecule has 0 aliphatic heterocycles. The van der Waals surface area contributed by atoms with Crippen molar-refractivity contribution in [1.82, 2.24) is 10.2 Å². The standard InChI is InChI=1S/C12H21N3S/c1-3-7-11-13-14-12(16-11)15(2)10-8-5-4-6-9-10/h10H,3-9H2,1-2H3. The van der Waals surface area contributed by atoms with Crippen LogP contribution in [0.25, 0.3) is 0 Å². The minimum Gasteiger partial charge on any atom is -0.347 e. The zero-order chi connectivity index (χ0) is 11.4. The van der Waals surface area contributed by atoms with Crippen LogP contribution >= 0.6 is 11.3 Å². The Kier molecular flexibility index (Phi) is 4.16. The summed E-state index contributed by atoms with van der Waals surface area (Å²) < 4.78 is 0. The van der Waals surface area contributed by atoms with E-state index in [1.165, 1.54) is 37.1 Å². The Hall–Kier alpha value is -0.640. The van der Waals surface area contributed by atoms with Crippen LogP contribution in [0.15, 0.2) is 0 Å². The van der Waals surface area contributed by atoms with E-state index in [1.807, 2.05) is 0 Å². The lowest BCUT2D eigenvalue weighted by atomic mass is 9.95. The molecule has 0 bridgehead atoms. The average Bonchev–Trinajstić information content (AvgIpc) is 2.78. The summed E-state index contributed by atoms with van der Waals surface area (Å²) in [7, 11) is 2.17. The molecule has 0 amide bonds. The van der Waals surface area contributed by atoms with Gasteiger partial charge in [0, 0.05) is 19.5 Å². The van der Waals surface area contributed by atoms with Gasteiger partial charge in [0.15, 0.2) is 0 Å². The molecule has 90 valence electrons. The van der Waals surface area contributed by atoms with Gasteiger partial charge in [0.1, 0.15) is 5.01 Å². The van der Waals surface area contributed by atoms with E-state index in [2.05, 4.69) is 29.1 Å². The second-order valence-corrected chi connectivity index (χ2v) is 5.67. The number of hydrogen-bond acceptors (Lipinski definition) is 4. The molecule has 0 atom stereocenters. The molecule has 2 rings (SSSR count). The molecule has 0 aromatic carbocycles. The number of aryl methyl sites for hydroxylation is 1. The van der Waals surface area contributed by atoms with Crippen molar-refractivity contribution in [2.24, 2.45) is 0 Å². The van der Waals surface area contributed by atoms with Crippen LogP contribution in [0.5, 0.6) is 0 Å². The summed E-state index contributed by atoms with van der Waals surface area (Å²) >= 11 is 1.76. The van der Waals surface area contributed by atoms with Gasteiger partial charge in [0.2, 0.25) is 5.13 Å². The Morgan fingerprint density at radius 3 is 2.69 bits per heavy atom. The van der Waals surface area contributed by atoms with Crippen molar-refractivity contribution in [2.75, 3.05) is 11.9 Å². The zero-order valence-corrected chi connectivity index (χ0v) is 11.1. The maximum atomic E-state index is 4.30. The predicted octanol–water partition coefficient (Wildman–Crippen LogP) is 3.26. The van der Waals surface area contributed by atoms with E-state index in [0.29, 0.717) is 6.04 Å². The van der Waals surface area contributed by atoms with Gasteiger partial charge in [-0.3, -0.25) is 0 Å². The number of anilines is 1. The van der Waals surface area contributed by atoms with Crippen molar-refractivity contribution in [3.63, 3.8) is 0 Å². The highest BCUT2D eigenvalue weighted by molar-refractivity contribution is 7.15. The molecule has 4 heteroatoms. The third-order valence-corrected chi connectivity index (χ3v) is 4.42. The summed E-state index contributed by atoms with van der Waals surface area (Å²) in [6.45, 7) is 2.19. The summed E-state index contributed by atoms with van der Waals surface area (Å²) in [5.74, 6) is 0. The first-order valence-electron chi connectivity index (χ1n) is 6.36. The van der Waals surface area contributed by atoms with E-state index >= 15 is 0 Å². The quantitative estimate of drug-likeness (QED) is 0.807. The first-order chi connectivity index (χ1) is 7.81. The molecule has 0 spiro atoms. The summed E-state index contributed by atoms with van der Waals surface area (Å²) in [4.78, 5) is 2.34. The molecule has 3 nitrogen and oxygen atoms in total. The van der Waals surface area contributed by atoms with Gasteiger partial charge >= 0.3 is 0 Å². The Labute approximate surface area is 102 Å². The van der Waals surface area contributed by atoms with E-state index in [9.17, 15) is 0 Å². The molecule has 16 heavy (non-hydrogen) atoms. The molecule has 0 N–H and O–H groups in total. The maximum absolute atomic E-state index is 4.30. The van der Waals surface area contributed by atoms with E-state index in [-0.39, 0.29) is 0 Å². The molecular formula is C12H21N3S. The predicted molar refractivity (Wildman–Crippen MR) is 69.2 cm³/mol. The van der Waals surface area contributed by atoms with Gasteiger partial charge in [-0.05, 0) is 19.3 Å². The van der Waals surface area contributed by atoms with Gasteiger partial charge < -0.3 is 4.90 Å². The van der Waals surface area contributed by atoms with Crippen LogP contribution in [-0.2, 0) is 6.42 Å². The van der Waals surface area contributed by atoms with Crippen LogP contribution < -0.4 is 4.90 Å². The molecule has 1 heterocycles. The molecule has 0 saturated heterocycles. The van der Waals surface area contributed by atoms with Gasteiger partial charge in [-0.25, -0.2) is 0 Å². The Bertz CT molecular complexity index is 318. The second-order valence-electron chi connectivity index (χ2n) is 4.63. The van der Waals surface area contributed by atoms with Gasteiger partial charge in [0.05, 0.1) is 0 Å². The van der Waals surface area contributed by atoms with Crippen molar-refractivity contribution in [3.8, 4) is 0 Å². The SMILES string of the molecule is CCCc1nnc(N(C)C2CCCCC2)s1. The van der Waals surface area contributed by atoms with Gasteiger partial charge in [-0.2, -0.15) is 0 Å². The van der Waals surface area contributed by atoms with E-state index in [0.717, 1.165) is 18.0 Å². The number of aromatic nitrogens is 2. The number of rotatable bonds is 4. The van der Waals surface area contributed by atoms with Crippen molar-refractivity contribution >= 4 is 16.5 Å². The summed E-state index contributed by atoms with van der Waals surface area (Å²) in [6, 6.07) is 0.691. The molecule has 1 aromatic heterocycles. The van der Waals surface area contributed by atoms with Crippen LogP contribution in [-0.4, -0.2) is 23.3 Å². The zero-order valence-electron chi connectivity index (χ0n) is 10.3. The van der Waals surface area contributed by atoms with Gasteiger partial charge in [-0.15, -0.1) is 10.2 Å². The van der Waals surface area contributed by atoms with Crippen LogP contribution in [0.1, 0.15) is 50.5 Å². The molecule has 1 aliphatic rings. The van der Waals surface area contributed by atoms with Crippen LogP contribution in [0.2, 0.25) is 0 Å². The Balaban J connectivity index is 1.98. The highest BCUT2D eigenvalue weighted by atomic mass is 32.1. The largest absolute Gasteiger partial charge is 0.347 e. The third kappa shape index (κ3) is 2.73. The maximum Gasteiger partial charge on any atom is 0.208 e. The van der Waals surface area contributed by atoms with Gasteiger partial charge in [0.25, 0.3) is 0 Å². The molecule has 0 radical (unpaired) electrons. The van der Waals surface area contributed by atoms with E-state index < -0.39 is 0 Å². The summed E-state index contributed by atoms with van der Waals surface area (Å²) in [5.41, 5.74) is 0. The lowest BCUT2D eigenvalue weighted by Crippen LogP contribution is -2.33. The van der Waals surface area contributed by atoms with Crippen LogP contribution in [0, 0.1) is 0 Å². The molecule has 1 saturated carbocycles. The van der Waals surface area contributed by atoms with Crippen LogP contribution in [0.4, 0.5) is 5.13 Å². The van der Waals surface area contributed by atoms with Crippen molar-refractivity contribution in [3.05, 3.63) is 5.01 Å². The van der Waals surface area contributed by atoms with Gasteiger partial charge in [-0.1, -0.05) is 37.5 Å². The topological polar surface area (TPSA) is 29.0 Å². The molecule has 0 unspecified atom stereocenters. The number of nitrogens with zero attached hydrogens (tertiary/aromatic N) is 3. The number of hydrogen-bond donors (Lipinski definition) is 0. The average molecular weight is 239 g/mol. The third-order valence-electron chi connectivity index (χ3n) is 3.34. The Morgan fingerprint density at radius 1 is 1.25 bits per heavy atom. The highest BCUT2D eigenvalue weighted by Gasteiger charge is 2.20. The van der Waals surface area contributed by atoms with Crippen molar-refractivity contribution in [2.45, 2.75) is 57.9 Å². The lowest BCUT2D eigenvalue weighted by molar-refractivity contribution is 0.427. The highest BCUT2D eigenvalue weighted by Crippen LogP contribution is 2.28. The van der Waals surface area contributed by atoms with E-state index in [4.69, 9.17) is 0 Å². The monoisotopic (exact) mass is 239 g/mol. The van der Waals surface area contributed by atoms with Crippen molar-refractivity contribution in [1.29, 1.82) is 0 Å². The minimum atomic E-state index is 0.691. The van der Waals surface area contributed by atoms with Crippen molar-refractivity contribution < 1.29 is 0 Å². The summed E-state index contributed by atoms with van der Waals surface area (Å²) in [5, 5.41) is 10.8. The first kappa shape index (κ1) is 11.8. The fraction of sp³-hybridized carbons (Fsp3) is 0.833. The van der Waals surface area contributed by atoms with E-state index in [1.54, 1.807) is 11.3 Å². The lowest BCUT2D eigenvalue weighted by Gasteiger charge is -2.30. The first-order valence-corrected chi connectivity index (χ1v) is 7.18. The molecule has 1 fully saturated rings. The summed E-state index contributed by atoms with van der Waals surface area (Å²) in [6.07, 6.45) is 9.00. The second kappa shape index (κ2) is 5.62. The smallest absolute Gasteiger partial charge is 0.208 e. The molecular weight excluding hydrogens is 218 g/mol. The fourth-order valence-electron chi connectivity index (χ4n) is 2.33. The molecule has 1 aromatic rings. The minimum absolute atomic E-state index is 0.691. The normalized spacial score (nSPS) is 17.6. The Morgan fingerprint density at radius 2 is 2.00 bits per heavy atom. The molecule has 1 aliphatic carbocycles.